The number of carbonyl (C=O) groups excluding carboxylic acids is 1. The zero-order valence-corrected chi connectivity index (χ0v) is 15.4. The van der Waals surface area contributed by atoms with Crippen LogP contribution in [0.1, 0.15) is 58.3 Å². The SMILES string of the molecule is CC1CCCCC1NC(=O)CN1CCC(NCC2CC2)CC1.Cl. The fourth-order valence-electron chi connectivity index (χ4n) is 3.94. The highest BCUT2D eigenvalue weighted by Gasteiger charge is 2.26. The van der Waals surface area contributed by atoms with Gasteiger partial charge < -0.3 is 10.6 Å². The largest absolute Gasteiger partial charge is 0.352 e. The van der Waals surface area contributed by atoms with E-state index in [1.807, 2.05) is 0 Å². The highest BCUT2D eigenvalue weighted by Crippen LogP contribution is 2.28. The number of rotatable bonds is 6. The number of hydrogen-bond acceptors (Lipinski definition) is 3. The van der Waals surface area contributed by atoms with Crippen LogP contribution in [0.4, 0.5) is 0 Å². The molecular formula is C18H34ClN3O. The van der Waals surface area contributed by atoms with Gasteiger partial charge in [-0.25, -0.2) is 0 Å². The van der Waals surface area contributed by atoms with Gasteiger partial charge in [-0.3, -0.25) is 9.69 Å². The molecule has 2 unspecified atom stereocenters. The lowest BCUT2D eigenvalue weighted by Gasteiger charge is -2.34. The van der Waals surface area contributed by atoms with Crippen LogP contribution in [0, 0.1) is 11.8 Å². The molecule has 5 heteroatoms. The molecule has 134 valence electrons. The molecule has 23 heavy (non-hydrogen) atoms. The van der Waals surface area contributed by atoms with E-state index in [0.29, 0.717) is 24.5 Å². The Labute approximate surface area is 147 Å². The first-order valence-corrected chi connectivity index (χ1v) is 9.46. The lowest BCUT2D eigenvalue weighted by molar-refractivity contribution is -0.123. The van der Waals surface area contributed by atoms with Gasteiger partial charge in [-0.2, -0.15) is 0 Å². The maximum absolute atomic E-state index is 12.3. The molecule has 1 amide bonds. The standard InChI is InChI=1S/C18H33N3O.ClH/c1-14-4-2-3-5-17(14)20-18(22)13-21-10-8-16(9-11-21)19-12-15-6-7-15;/h14-17,19H,2-13H2,1H3,(H,20,22);1H. The van der Waals surface area contributed by atoms with Crippen LogP contribution in [-0.2, 0) is 4.79 Å². The van der Waals surface area contributed by atoms with Crippen molar-refractivity contribution in [1.82, 2.24) is 15.5 Å². The number of nitrogens with one attached hydrogen (secondary N) is 2. The fourth-order valence-corrected chi connectivity index (χ4v) is 3.94. The molecule has 3 rings (SSSR count). The van der Waals surface area contributed by atoms with Gasteiger partial charge in [0, 0.05) is 25.2 Å². The summed E-state index contributed by atoms with van der Waals surface area (Å²) in [4.78, 5) is 14.6. The normalized spacial score (nSPS) is 29.8. The first kappa shape index (κ1) is 19.0. The summed E-state index contributed by atoms with van der Waals surface area (Å²) in [6, 6.07) is 1.09. The Morgan fingerprint density at radius 3 is 2.39 bits per heavy atom. The molecule has 0 aromatic heterocycles. The van der Waals surface area contributed by atoms with Crippen LogP contribution in [-0.4, -0.2) is 49.1 Å². The maximum Gasteiger partial charge on any atom is 0.234 e. The quantitative estimate of drug-likeness (QED) is 0.779. The molecule has 0 spiro atoms. The van der Waals surface area contributed by atoms with E-state index in [1.165, 1.54) is 57.9 Å². The molecule has 1 heterocycles. The van der Waals surface area contributed by atoms with E-state index in [-0.39, 0.29) is 18.3 Å². The molecule has 1 saturated heterocycles. The predicted molar refractivity (Wildman–Crippen MR) is 97.0 cm³/mol. The second-order valence-corrected chi connectivity index (χ2v) is 7.84. The monoisotopic (exact) mass is 343 g/mol. The maximum atomic E-state index is 12.3. The minimum absolute atomic E-state index is 0. The summed E-state index contributed by atoms with van der Waals surface area (Å²) < 4.78 is 0. The average Bonchev–Trinajstić information content (AvgIpc) is 3.33. The Balaban J connectivity index is 0.00000192. The third-order valence-corrected chi connectivity index (χ3v) is 5.80. The van der Waals surface area contributed by atoms with Crippen LogP contribution in [0.25, 0.3) is 0 Å². The van der Waals surface area contributed by atoms with Crippen LogP contribution in [0.3, 0.4) is 0 Å². The molecule has 3 fully saturated rings. The van der Waals surface area contributed by atoms with Crippen molar-refractivity contribution >= 4 is 18.3 Å². The average molecular weight is 344 g/mol. The second kappa shape index (κ2) is 9.24. The number of piperidine rings is 1. The number of nitrogens with zero attached hydrogens (tertiary/aromatic N) is 1. The van der Waals surface area contributed by atoms with Gasteiger partial charge >= 0.3 is 0 Å². The summed E-state index contributed by atoms with van der Waals surface area (Å²) in [5.41, 5.74) is 0. The Hall–Kier alpha value is -0.320. The van der Waals surface area contributed by atoms with Crippen molar-refractivity contribution in [2.24, 2.45) is 11.8 Å². The summed E-state index contributed by atoms with van der Waals surface area (Å²) in [7, 11) is 0. The van der Waals surface area contributed by atoms with E-state index in [4.69, 9.17) is 0 Å². The molecule has 2 saturated carbocycles. The van der Waals surface area contributed by atoms with Crippen molar-refractivity contribution < 1.29 is 4.79 Å². The summed E-state index contributed by atoms with van der Waals surface area (Å²) in [6.07, 6.45) is 10.3. The molecule has 3 aliphatic rings. The minimum atomic E-state index is 0. The Bertz CT molecular complexity index is 367. The van der Waals surface area contributed by atoms with Crippen LogP contribution >= 0.6 is 12.4 Å². The first-order chi connectivity index (χ1) is 10.7. The smallest absolute Gasteiger partial charge is 0.234 e. The molecule has 2 atom stereocenters. The number of halogens is 1. The lowest BCUT2D eigenvalue weighted by Crippen LogP contribution is -2.49. The van der Waals surface area contributed by atoms with E-state index < -0.39 is 0 Å². The number of carbonyl (C=O) groups is 1. The van der Waals surface area contributed by atoms with E-state index >= 15 is 0 Å². The van der Waals surface area contributed by atoms with Gasteiger partial charge in [0.15, 0.2) is 0 Å². The van der Waals surface area contributed by atoms with Crippen molar-refractivity contribution in [3.8, 4) is 0 Å². The summed E-state index contributed by atoms with van der Waals surface area (Å²) in [5, 5.41) is 6.98. The number of likely N-dealkylation sites (tertiary alicyclic amines) is 1. The second-order valence-electron chi connectivity index (χ2n) is 7.84. The summed E-state index contributed by atoms with van der Waals surface area (Å²) in [6.45, 7) is 6.22. The van der Waals surface area contributed by atoms with Crippen molar-refractivity contribution in [2.75, 3.05) is 26.2 Å². The molecular weight excluding hydrogens is 310 g/mol. The Morgan fingerprint density at radius 1 is 1.04 bits per heavy atom. The van der Waals surface area contributed by atoms with Crippen LogP contribution in [0.15, 0.2) is 0 Å². The van der Waals surface area contributed by atoms with Gasteiger partial charge in [-0.15, -0.1) is 12.4 Å². The Morgan fingerprint density at radius 2 is 1.74 bits per heavy atom. The topological polar surface area (TPSA) is 44.4 Å². The van der Waals surface area contributed by atoms with E-state index in [1.54, 1.807) is 0 Å². The molecule has 2 aliphatic carbocycles. The van der Waals surface area contributed by atoms with E-state index in [9.17, 15) is 4.79 Å². The van der Waals surface area contributed by atoms with Gasteiger partial charge in [-0.05, 0) is 56.9 Å². The zero-order valence-electron chi connectivity index (χ0n) is 14.6. The summed E-state index contributed by atoms with van der Waals surface area (Å²) >= 11 is 0. The van der Waals surface area contributed by atoms with E-state index in [2.05, 4.69) is 22.5 Å². The highest BCUT2D eigenvalue weighted by atomic mass is 35.5. The highest BCUT2D eigenvalue weighted by molar-refractivity contribution is 5.85. The van der Waals surface area contributed by atoms with E-state index in [0.717, 1.165) is 19.0 Å². The molecule has 0 radical (unpaired) electrons. The zero-order chi connectivity index (χ0) is 15.4. The first-order valence-electron chi connectivity index (χ1n) is 9.46. The minimum Gasteiger partial charge on any atom is -0.352 e. The third kappa shape index (κ3) is 6.24. The lowest BCUT2D eigenvalue weighted by atomic mass is 9.86. The molecule has 0 aromatic carbocycles. The van der Waals surface area contributed by atoms with Crippen LogP contribution in [0.5, 0.6) is 0 Å². The van der Waals surface area contributed by atoms with Gasteiger partial charge in [0.05, 0.1) is 6.54 Å². The van der Waals surface area contributed by atoms with Crippen LogP contribution < -0.4 is 10.6 Å². The third-order valence-electron chi connectivity index (χ3n) is 5.80. The number of amides is 1. The van der Waals surface area contributed by atoms with Gasteiger partial charge in [0.2, 0.25) is 5.91 Å². The summed E-state index contributed by atoms with van der Waals surface area (Å²) in [5.74, 6) is 1.85. The molecule has 1 aliphatic heterocycles. The van der Waals surface area contributed by atoms with Crippen molar-refractivity contribution in [3.05, 3.63) is 0 Å². The van der Waals surface area contributed by atoms with Crippen molar-refractivity contribution in [2.45, 2.75) is 70.4 Å². The molecule has 2 N–H and O–H groups in total. The van der Waals surface area contributed by atoms with Gasteiger partial charge in [-0.1, -0.05) is 19.8 Å². The van der Waals surface area contributed by atoms with Gasteiger partial charge in [0.25, 0.3) is 0 Å². The van der Waals surface area contributed by atoms with Crippen molar-refractivity contribution in [3.63, 3.8) is 0 Å². The number of hydrogen-bond donors (Lipinski definition) is 2. The predicted octanol–water partition coefficient (Wildman–Crippen LogP) is 2.57. The molecule has 0 bridgehead atoms. The van der Waals surface area contributed by atoms with Crippen LogP contribution in [0.2, 0.25) is 0 Å². The Kier molecular flexibility index (Phi) is 7.64. The molecule has 4 nitrogen and oxygen atoms in total. The molecule has 0 aromatic rings. The van der Waals surface area contributed by atoms with Gasteiger partial charge in [0.1, 0.15) is 0 Å². The van der Waals surface area contributed by atoms with Crippen molar-refractivity contribution in [1.29, 1.82) is 0 Å². The fraction of sp³-hybridized carbons (Fsp3) is 0.944.